The largest absolute Gasteiger partial charge is 0.360 e. The number of aromatic nitrogens is 1. The number of thioether (sulfide) groups is 1. The molecule has 1 aliphatic heterocycles. The highest BCUT2D eigenvalue weighted by molar-refractivity contribution is 8.00. The number of piperazine rings is 1. The Morgan fingerprint density at radius 1 is 1.17 bits per heavy atom. The first kappa shape index (κ1) is 17.0. The number of hydrogen-bond acceptors (Lipinski definition) is 5. The van der Waals surface area contributed by atoms with Gasteiger partial charge < -0.3 is 9.42 Å². The first-order valence-electron chi connectivity index (χ1n) is 8.22. The van der Waals surface area contributed by atoms with E-state index in [0.717, 1.165) is 49.1 Å². The number of hydrogen-bond donors (Lipinski definition) is 0. The van der Waals surface area contributed by atoms with Crippen molar-refractivity contribution in [1.29, 1.82) is 0 Å². The second-order valence-corrected chi connectivity index (χ2v) is 7.24. The summed E-state index contributed by atoms with van der Waals surface area (Å²) in [7, 11) is 0. The first-order chi connectivity index (χ1) is 11.6. The molecule has 6 heteroatoms. The van der Waals surface area contributed by atoms with Crippen molar-refractivity contribution >= 4 is 17.7 Å². The fourth-order valence-electron chi connectivity index (χ4n) is 2.74. The normalized spacial score (nSPS) is 15.7. The molecular weight excluding hydrogens is 322 g/mol. The van der Waals surface area contributed by atoms with Crippen LogP contribution in [-0.2, 0) is 11.3 Å². The van der Waals surface area contributed by atoms with Crippen LogP contribution in [0.5, 0.6) is 0 Å². The summed E-state index contributed by atoms with van der Waals surface area (Å²) in [5.41, 5.74) is 2.15. The van der Waals surface area contributed by atoms with Crippen LogP contribution in [0, 0.1) is 13.8 Å². The summed E-state index contributed by atoms with van der Waals surface area (Å²) in [6.45, 7) is 8.07. The number of carbonyl (C=O) groups is 1. The highest BCUT2D eigenvalue weighted by atomic mass is 32.2. The third-order valence-corrected chi connectivity index (χ3v) is 5.16. The minimum atomic E-state index is 0.218. The standard InChI is InChI=1S/C18H23N3O2S/c1-14-3-5-17(6-4-14)24-13-18(22)21-9-7-20(8-10-21)12-16-11-15(2)19-23-16/h3-6,11H,7-10,12-13H2,1-2H3. The third-order valence-electron chi connectivity index (χ3n) is 4.16. The topological polar surface area (TPSA) is 49.6 Å². The third kappa shape index (κ3) is 4.61. The fourth-order valence-corrected chi connectivity index (χ4v) is 3.54. The molecule has 0 bridgehead atoms. The summed E-state index contributed by atoms with van der Waals surface area (Å²) < 4.78 is 5.26. The van der Waals surface area contributed by atoms with Gasteiger partial charge in [0.2, 0.25) is 5.91 Å². The van der Waals surface area contributed by atoms with Crippen molar-refractivity contribution in [3.05, 3.63) is 47.3 Å². The summed E-state index contributed by atoms with van der Waals surface area (Å²) in [5, 5.41) is 3.91. The summed E-state index contributed by atoms with van der Waals surface area (Å²) in [6, 6.07) is 10.3. The van der Waals surface area contributed by atoms with Gasteiger partial charge in [-0.15, -0.1) is 11.8 Å². The van der Waals surface area contributed by atoms with Crippen molar-refractivity contribution in [2.75, 3.05) is 31.9 Å². The Morgan fingerprint density at radius 2 is 1.88 bits per heavy atom. The van der Waals surface area contributed by atoms with E-state index in [-0.39, 0.29) is 5.91 Å². The SMILES string of the molecule is Cc1ccc(SCC(=O)N2CCN(Cc3cc(C)no3)CC2)cc1. The zero-order chi connectivity index (χ0) is 16.9. The molecule has 128 valence electrons. The van der Waals surface area contributed by atoms with Crippen LogP contribution in [0.4, 0.5) is 0 Å². The summed E-state index contributed by atoms with van der Waals surface area (Å²) >= 11 is 1.61. The van der Waals surface area contributed by atoms with E-state index < -0.39 is 0 Å². The van der Waals surface area contributed by atoms with Crippen LogP contribution in [0.15, 0.2) is 39.8 Å². The molecule has 0 unspecified atom stereocenters. The van der Waals surface area contributed by atoms with Crippen LogP contribution in [0.3, 0.4) is 0 Å². The summed E-state index contributed by atoms with van der Waals surface area (Å²) in [6.07, 6.45) is 0. The van der Waals surface area contributed by atoms with E-state index in [1.807, 2.05) is 17.9 Å². The molecule has 2 heterocycles. The molecule has 0 radical (unpaired) electrons. The second kappa shape index (κ2) is 7.85. The Morgan fingerprint density at radius 3 is 2.50 bits per heavy atom. The van der Waals surface area contributed by atoms with Gasteiger partial charge in [-0.25, -0.2) is 0 Å². The number of rotatable bonds is 5. The number of benzene rings is 1. The monoisotopic (exact) mass is 345 g/mol. The maximum atomic E-state index is 12.4. The van der Waals surface area contributed by atoms with Gasteiger partial charge in [0, 0.05) is 37.1 Å². The summed E-state index contributed by atoms with van der Waals surface area (Å²) in [5.74, 6) is 1.61. The van der Waals surface area contributed by atoms with Crippen molar-refractivity contribution < 1.29 is 9.32 Å². The van der Waals surface area contributed by atoms with Gasteiger partial charge in [-0.1, -0.05) is 22.9 Å². The van der Waals surface area contributed by atoms with Gasteiger partial charge >= 0.3 is 0 Å². The number of nitrogens with zero attached hydrogens (tertiary/aromatic N) is 3. The number of carbonyl (C=O) groups excluding carboxylic acids is 1. The predicted octanol–water partition coefficient (Wildman–Crippen LogP) is 2.73. The van der Waals surface area contributed by atoms with Crippen molar-refractivity contribution in [3.8, 4) is 0 Å². The van der Waals surface area contributed by atoms with Gasteiger partial charge in [-0.3, -0.25) is 9.69 Å². The first-order valence-corrected chi connectivity index (χ1v) is 9.20. The van der Waals surface area contributed by atoms with Gasteiger partial charge in [0.05, 0.1) is 18.0 Å². The molecule has 0 atom stereocenters. The lowest BCUT2D eigenvalue weighted by molar-refractivity contribution is -0.130. The molecule has 1 fully saturated rings. The maximum absolute atomic E-state index is 12.4. The van der Waals surface area contributed by atoms with Crippen molar-refractivity contribution in [2.24, 2.45) is 0 Å². The molecule has 1 aromatic carbocycles. The zero-order valence-corrected chi connectivity index (χ0v) is 15.0. The van der Waals surface area contributed by atoms with E-state index in [1.165, 1.54) is 5.56 Å². The molecule has 0 aliphatic carbocycles. The Kier molecular flexibility index (Phi) is 5.58. The van der Waals surface area contributed by atoms with E-state index in [2.05, 4.69) is 41.2 Å². The van der Waals surface area contributed by atoms with E-state index in [0.29, 0.717) is 5.75 Å². The molecule has 1 saturated heterocycles. The number of aryl methyl sites for hydroxylation is 2. The molecule has 1 aliphatic rings. The lowest BCUT2D eigenvalue weighted by Crippen LogP contribution is -2.48. The Hall–Kier alpha value is -1.79. The van der Waals surface area contributed by atoms with Gasteiger partial charge in [-0.2, -0.15) is 0 Å². The molecule has 24 heavy (non-hydrogen) atoms. The van der Waals surface area contributed by atoms with Gasteiger partial charge in [-0.05, 0) is 26.0 Å². The van der Waals surface area contributed by atoms with E-state index >= 15 is 0 Å². The second-order valence-electron chi connectivity index (χ2n) is 6.19. The van der Waals surface area contributed by atoms with Crippen LogP contribution < -0.4 is 0 Å². The molecule has 0 N–H and O–H groups in total. The van der Waals surface area contributed by atoms with Gasteiger partial charge in [0.25, 0.3) is 0 Å². The molecule has 1 aromatic heterocycles. The van der Waals surface area contributed by atoms with Crippen LogP contribution in [0.1, 0.15) is 17.0 Å². The Bertz CT molecular complexity index is 676. The van der Waals surface area contributed by atoms with Crippen molar-refractivity contribution in [1.82, 2.24) is 15.0 Å². The maximum Gasteiger partial charge on any atom is 0.233 e. The molecule has 3 rings (SSSR count). The average Bonchev–Trinajstić information content (AvgIpc) is 2.99. The van der Waals surface area contributed by atoms with Crippen LogP contribution in [-0.4, -0.2) is 52.8 Å². The van der Waals surface area contributed by atoms with Crippen LogP contribution in [0.25, 0.3) is 0 Å². The smallest absolute Gasteiger partial charge is 0.233 e. The minimum Gasteiger partial charge on any atom is -0.360 e. The average molecular weight is 345 g/mol. The predicted molar refractivity (Wildman–Crippen MR) is 95.0 cm³/mol. The van der Waals surface area contributed by atoms with Crippen LogP contribution >= 0.6 is 11.8 Å². The van der Waals surface area contributed by atoms with Crippen molar-refractivity contribution in [2.45, 2.75) is 25.3 Å². The summed E-state index contributed by atoms with van der Waals surface area (Å²) in [4.78, 5) is 17.8. The molecule has 2 aromatic rings. The Balaban J connectivity index is 1.42. The quantitative estimate of drug-likeness (QED) is 0.780. The van der Waals surface area contributed by atoms with E-state index in [1.54, 1.807) is 11.8 Å². The molecular formula is C18H23N3O2S. The molecule has 5 nitrogen and oxygen atoms in total. The lowest BCUT2D eigenvalue weighted by atomic mass is 10.2. The highest BCUT2D eigenvalue weighted by Gasteiger charge is 2.21. The number of amides is 1. The van der Waals surface area contributed by atoms with E-state index in [4.69, 9.17) is 4.52 Å². The fraction of sp³-hybridized carbons (Fsp3) is 0.444. The lowest BCUT2D eigenvalue weighted by Gasteiger charge is -2.34. The zero-order valence-electron chi connectivity index (χ0n) is 14.2. The van der Waals surface area contributed by atoms with E-state index in [9.17, 15) is 4.79 Å². The Labute approximate surface area is 147 Å². The van der Waals surface area contributed by atoms with Gasteiger partial charge in [0.15, 0.2) is 5.76 Å². The van der Waals surface area contributed by atoms with Crippen molar-refractivity contribution in [3.63, 3.8) is 0 Å². The molecule has 0 spiro atoms. The van der Waals surface area contributed by atoms with Gasteiger partial charge in [0.1, 0.15) is 0 Å². The highest BCUT2D eigenvalue weighted by Crippen LogP contribution is 2.19. The van der Waals surface area contributed by atoms with Crippen LogP contribution in [0.2, 0.25) is 0 Å². The molecule has 1 amide bonds. The molecule has 0 saturated carbocycles. The minimum absolute atomic E-state index is 0.218.